The van der Waals surface area contributed by atoms with Crippen LogP contribution in [0.1, 0.15) is 27.5 Å². The molecule has 38 heavy (non-hydrogen) atoms. The van der Waals surface area contributed by atoms with Crippen molar-refractivity contribution in [3.05, 3.63) is 117 Å². The molecule has 1 amide bonds. The summed E-state index contributed by atoms with van der Waals surface area (Å²) in [5.74, 6) is 1.25. The Bertz CT molecular complexity index is 1450. The molecule has 0 saturated heterocycles. The number of fused-ring (bicyclic) bond motifs is 3. The molecular weight excluding hydrogens is 584 g/mol. The van der Waals surface area contributed by atoms with Crippen LogP contribution in [0.5, 0.6) is 11.5 Å². The molecule has 0 fully saturated rings. The maximum absolute atomic E-state index is 12.6. The van der Waals surface area contributed by atoms with E-state index in [4.69, 9.17) is 21.1 Å². The van der Waals surface area contributed by atoms with Crippen LogP contribution in [0.2, 0.25) is 5.02 Å². The van der Waals surface area contributed by atoms with E-state index in [1.807, 2.05) is 42.5 Å². The van der Waals surface area contributed by atoms with E-state index >= 15 is 0 Å². The van der Waals surface area contributed by atoms with E-state index in [2.05, 4.69) is 62.9 Å². The van der Waals surface area contributed by atoms with E-state index in [1.165, 1.54) is 22.3 Å². The minimum Gasteiger partial charge on any atom is -0.493 e. The standard InChI is InChI=1S/C30H24BrClN2O3S/c1-36-27-15-20(14-26(31)29(27)37-17-19-10-12-21(32)13-11-19)16-33-34-28(35)18-38-30-24-8-4-2-6-22(24)23-7-3-5-9-25(23)30/h2-16,30H,17-18H2,1H3,(H,34,35)/b33-16-. The van der Waals surface area contributed by atoms with E-state index in [1.54, 1.807) is 31.2 Å². The summed E-state index contributed by atoms with van der Waals surface area (Å²) in [6.07, 6.45) is 1.58. The van der Waals surface area contributed by atoms with Crippen LogP contribution in [0.3, 0.4) is 0 Å². The lowest BCUT2D eigenvalue weighted by Gasteiger charge is -2.14. The van der Waals surface area contributed by atoms with E-state index in [0.29, 0.717) is 27.6 Å². The van der Waals surface area contributed by atoms with Crippen LogP contribution in [-0.4, -0.2) is 25.0 Å². The van der Waals surface area contributed by atoms with Gasteiger partial charge in [-0.05, 0) is 73.6 Å². The number of methoxy groups -OCH3 is 1. The number of hydrogen-bond acceptors (Lipinski definition) is 5. The van der Waals surface area contributed by atoms with Crippen molar-refractivity contribution in [1.82, 2.24) is 5.43 Å². The van der Waals surface area contributed by atoms with Gasteiger partial charge in [0.25, 0.3) is 0 Å². The fourth-order valence-corrected chi connectivity index (χ4v) is 6.20. The van der Waals surface area contributed by atoms with Crippen molar-refractivity contribution >= 4 is 51.4 Å². The molecule has 0 saturated carbocycles. The van der Waals surface area contributed by atoms with Crippen LogP contribution in [0, 0.1) is 0 Å². The van der Waals surface area contributed by atoms with E-state index in [9.17, 15) is 4.79 Å². The molecule has 5 nitrogen and oxygen atoms in total. The van der Waals surface area contributed by atoms with Crippen molar-refractivity contribution in [3.63, 3.8) is 0 Å². The number of thioether (sulfide) groups is 1. The number of nitrogens with one attached hydrogen (secondary N) is 1. The maximum atomic E-state index is 12.6. The maximum Gasteiger partial charge on any atom is 0.250 e. The van der Waals surface area contributed by atoms with Gasteiger partial charge >= 0.3 is 0 Å². The highest BCUT2D eigenvalue weighted by Crippen LogP contribution is 2.49. The fourth-order valence-electron chi connectivity index (χ4n) is 4.35. The van der Waals surface area contributed by atoms with Crippen molar-refractivity contribution < 1.29 is 14.3 Å². The minimum atomic E-state index is -0.165. The van der Waals surface area contributed by atoms with E-state index in [0.717, 1.165) is 11.1 Å². The van der Waals surface area contributed by atoms with Gasteiger partial charge in [0.2, 0.25) is 5.91 Å². The molecule has 0 atom stereocenters. The topological polar surface area (TPSA) is 59.9 Å². The summed E-state index contributed by atoms with van der Waals surface area (Å²) in [4.78, 5) is 12.6. The molecule has 4 aromatic rings. The number of nitrogens with zero attached hydrogens (tertiary/aromatic N) is 1. The minimum absolute atomic E-state index is 0.123. The summed E-state index contributed by atoms with van der Waals surface area (Å²) in [6, 6.07) is 27.9. The van der Waals surface area contributed by atoms with Gasteiger partial charge in [-0.3, -0.25) is 4.79 Å². The molecule has 0 spiro atoms. The van der Waals surface area contributed by atoms with Crippen molar-refractivity contribution in [1.29, 1.82) is 0 Å². The first-order chi connectivity index (χ1) is 18.5. The number of hydrogen-bond donors (Lipinski definition) is 1. The molecule has 1 N–H and O–H groups in total. The summed E-state index contributed by atoms with van der Waals surface area (Å²) in [7, 11) is 1.58. The van der Waals surface area contributed by atoms with Crippen LogP contribution in [-0.2, 0) is 11.4 Å². The van der Waals surface area contributed by atoms with Crippen molar-refractivity contribution in [3.8, 4) is 22.6 Å². The smallest absolute Gasteiger partial charge is 0.250 e. The number of halogens is 2. The fraction of sp³-hybridized carbons (Fsp3) is 0.133. The average Bonchev–Trinajstić information content (AvgIpc) is 3.25. The SMILES string of the molecule is COc1cc(/C=N\NC(=O)CSC2c3ccccc3-c3ccccc32)cc(Br)c1OCc1ccc(Cl)cc1. The highest BCUT2D eigenvalue weighted by Gasteiger charge is 2.28. The number of ether oxygens (including phenoxy) is 2. The van der Waals surface area contributed by atoms with E-state index < -0.39 is 0 Å². The van der Waals surface area contributed by atoms with Crippen molar-refractivity contribution in [2.45, 2.75) is 11.9 Å². The van der Waals surface area contributed by atoms with Gasteiger partial charge in [0, 0.05) is 5.02 Å². The molecule has 0 radical (unpaired) electrons. The van der Waals surface area contributed by atoms with Crippen LogP contribution in [0.25, 0.3) is 11.1 Å². The summed E-state index contributed by atoms with van der Waals surface area (Å²) in [5, 5.41) is 4.96. The van der Waals surface area contributed by atoms with Crippen molar-refractivity contribution in [2.75, 3.05) is 12.9 Å². The zero-order valence-electron chi connectivity index (χ0n) is 20.5. The van der Waals surface area contributed by atoms with Crippen LogP contribution in [0.4, 0.5) is 0 Å². The quantitative estimate of drug-likeness (QED) is 0.157. The normalized spacial score (nSPS) is 12.3. The van der Waals surface area contributed by atoms with Gasteiger partial charge in [0.15, 0.2) is 11.5 Å². The number of carbonyl (C=O) groups excluding carboxylic acids is 1. The first kappa shape index (κ1) is 26.4. The number of benzene rings is 4. The summed E-state index contributed by atoms with van der Waals surface area (Å²) in [5.41, 5.74) is 9.32. The van der Waals surface area contributed by atoms with Gasteiger partial charge in [-0.2, -0.15) is 5.10 Å². The number of carbonyl (C=O) groups is 1. The number of hydrazone groups is 1. The Hall–Kier alpha value is -3.26. The molecule has 1 aliphatic carbocycles. The second-order valence-corrected chi connectivity index (χ2v) is 11.0. The molecule has 1 aliphatic rings. The molecule has 8 heteroatoms. The third kappa shape index (κ3) is 5.90. The molecule has 0 unspecified atom stereocenters. The Labute approximate surface area is 239 Å². The first-order valence-corrected chi connectivity index (χ1v) is 14.1. The predicted octanol–water partition coefficient (Wildman–Crippen LogP) is 7.64. The molecule has 192 valence electrons. The van der Waals surface area contributed by atoms with Gasteiger partial charge < -0.3 is 9.47 Å². The second-order valence-electron chi connectivity index (χ2n) is 8.61. The zero-order valence-corrected chi connectivity index (χ0v) is 23.6. The Kier molecular flexibility index (Phi) is 8.37. The predicted molar refractivity (Wildman–Crippen MR) is 158 cm³/mol. The molecule has 0 aliphatic heterocycles. The zero-order chi connectivity index (χ0) is 26.5. The number of rotatable bonds is 9. The van der Waals surface area contributed by atoms with Gasteiger partial charge in [0.05, 0.1) is 28.8 Å². The largest absolute Gasteiger partial charge is 0.493 e. The molecule has 5 rings (SSSR count). The third-order valence-corrected chi connectivity index (χ3v) is 8.22. The molecule has 0 bridgehead atoms. The van der Waals surface area contributed by atoms with Gasteiger partial charge in [-0.1, -0.05) is 72.3 Å². The Balaban J connectivity index is 1.19. The van der Waals surface area contributed by atoms with Gasteiger partial charge in [-0.15, -0.1) is 11.8 Å². The highest BCUT2D eigenvalue weighted by molar-refractivity contribution is 9.10. The Morgan fingerprint density at radius 3 is 2.34 bits per heavy atom. The monoisotopic (exact) mass is 606 g/mol. The Morgan fingerprint density at radius 2 is 1.68 bits per heavy atom. The molecule has 4 aromatic carbocycles. The van der Waals surface area contributed by atoms with Gasteiger partial charge in [0.1, 0.15) is 6.61 Å². The Morgan fingerprint density at radius 1 is 1.03 bits per heavy atom. The number of amides is 1. The summed E-state index contributed by atoms with van der Waals surface area (Å²) < 4.78 is 12.2. The van der Waals surface area contributed by atoms with Crippen LogP contribution in [0.15, 0.2) is 94.5 Å². The molecule has 0 heterocycles. The molecule has 0 aromatic heterocycles. The lowest BCUT2D eigenvalue weighted by molar-refractivity contribution is -0.118. The first-order valence-electron chi connectivity index (χ1n) is 11.9. The lowest BCUT2D eigenvalue weighted by atomic mass is 10.1. The van der Waals surface area contributed by atoms with Crippen LogP contribution >= 0.6 is 39.3 Å². The molecular formula is C30H24BrClN2O3S. The van der Waals surface area contributed by atoms with Gasteiger partial charge in [-0.25, -0.2) is 5.43 Å². The third-order valence-electron chi connectivity index (χ3n) is 6.11. The summed E-state index contributed by atoms with van der Waals surface area (Å²) >= 11 is 11.1. The highest BCUT2D eigenvalue weighted by atomic mass is 79.9. The lowest BCUT2D eigenvalue weighted by Crippen LogP contribution is -2.20. The van der Waals surface area contributed by atoms with E-state index in [-0.39, 0.29) is 16.9 Å². The van der Waals surface area contributed by atoms with Crippen LogP contribution < -0.4 is 14.9 Å². The summed E-state index contributed by atoms with van der Waals surface area (Å²) in [6.45, 7) is 0.364. The second kappa shape index (κ2) is 12.1. The average molecular weight is 608 g/mol. The van der Waals surface area contributed by atoms with Crippen molar-refractivity contribution in [2.24, 2.45) is 5.10 Å².